The number of rotatable bonds is 6. The Bertz CT molecular complexity index is 298. The molecule has 1 heterocycles. The fourth-order valence-corrected chi connectivity index (χ4v) is 1.50. The topological polar surface area (TPSA) is 50.1 Å². The summed E-state index contributed by atoms with van der Waals surface area (Å²) in [6.07, 6.45) is 5.50. The molecule has 0 bridgehead atoms. The van der Waals surface area contributed by atoms with Gasteiger partial charge in [0, 0.05) is 31.6 Å². The summed E-state index contributed by atoms with van der Waals surface area (Å²) in [7, 11) is 1.99. The third-order valence-electron chi connectivity index (χ3n) is 3.04. The van der Waals surface area contributed by atoms with E-state index in [9.17, 15) is 0 Å². The molecule has 15 heavy (non-hydrogen) atoms. The first-order valence-corrected chi connectivity index (χ1v) is 5.43. The third-order valence-corrected chi connectivity index (χ3v) is 3.04. The van der Waals surface area contributed by atoms with E-state index < -0.39 is 0 Å². The quantitative estimate of drug-likeness (QED) is 0.740. The Kier molecular flexibility index (Phi) is 4.29. The highest BCUT2D eigenvalue weighted by Gasteiger charge is 2.20. The van der Waals surface area contributed by atoms with E-state index in [0.717, 1.165) is 25.2 Å². The standard InChI is InChI=1S/C11H21N3O/c1-4-11(2,5-8-15)13-9-10-12-6-7-14(10)3/h6-7,13,15H,4-5,8-9H2,1-3H3. The number of hydrogen-bond donors (Lipinski definition) is 2. The molecule has 4 nitrogen and oxygen atoms in total. The van der Waals surface area contributed by atoms with Crippen molar-refractivity contribution in [3.05, 3.63) is 18.2 Å². The van der Waals surface area contributed by atoms with E-state index in [2.05, 4.69) is 24.1 Å². The van der Waals surface area contributed by atoms with Gasteiger partial charge < -0.3 is 15.0 Å². The van der Waals surface area contributed by atoms with Crippen molar-refractivity contribution in [1.29, 1.82) is 0 Å². The number of nitrogens with zero attached hydrogens (tertiary/aromatic N) is 2. The minimum absolute atomic E-state index is 0.000694. The van der Waals surface area contributed by atoms with Crippen LogP contribution in [0.25, 0.3) is 0 Å². The lowest BCUT2D eigenvalue weighted by Gasteiger charge is -2.28. The van der Waals surface area contributed by atoms with Crippen LogP contribution in [-0.4, -0.2) is 26.8 Å². The zero-order valence-electron chi connectivity index (χ0n) is 9.82. The number of imidazole rings is 1. The Labute approximate surface area is 91.3 Å². The van der Waals surface area contributed by atoms with E-state index in [1.54, 1.807) is 6.20 Å². The first-order valence-electron chi connectivity index (χ1n) is 5.43. The number of aliphatic hydroxyl groups is 1. The molecule has 1 unspecified atom stereocenters. The van der Waals surface area contributed by atoms with Crippen molar-refractivity contribution in [3.63, 3.8) is 0 Å². The van der Waals surface area contributed by atoms with Crippen molar-refractivity contribution in [2.75, 3.05) is 6.61 Å². The number of aliphatic hydroxyl groups excluding tert-OH is 1. The Morgan fingerprint density at radius 2 is 2.33 bits per heavy atom. The largest absolute Gasteiger partial charge is 0.396 e. The summed E-state index contributed by atoms with van der Waals surface area (Å²) in [6.45, 7) is 5.22. The summed E-state index contributed by atoms with van der Waals surface area (Å²) in [5, 5.41) is 12.4. The lowest BCUT2D eigenvalue weighted by Crippen LogP contribution is -2.42. The Morgan fingerprint density at radius 3 is 2.80 bits per heavy atom. The number of hydrogen-bond acceptors (Lipinski definition) is 3. The van der Waals surface area contributed by atoms with Gasteiger partial charge in [-0.05, 0) is 19.8 Å². The van der Waals surface area contributed by atoms with Gasteiger partial charge in [-0.1, -0.05) is 6.92 Å². The van der Waals surface area contributed by atoms with Gasteiger partial charge in [-0.15, -0.1) is 0 Å². The fourth-order valence-electron chi connectivity index (χ4n) is 1.50. The molecular weight excluding hydrogens is 190 g/mol. The predicted molar refractivity (Wildman–Crippen MR) is 60.4 cm³/mol. The van der Waals surface area contributed by atoms with Crippen LogP contribution in [0.3, 0.4) is 0 Å². The lowest BCUT2D eigenvalue weighted by molar-refractivity contribution is 0.213. The first kappa shape index (κ1) is 12.2. The summed E-state index contributed by atoms with van der Waals surface area (Å²) in [6, 6.07) is 0. The maximum absolute atomic E-state index is 8.98. The van der Waals surface area contributed by atoms with Crippen LogP contribution in [0.1, 0.15) is 32.5 Å². The molecule has 0 saturated heterocycles. The molecule has 1 atom stereocenters. The van der Waals surface area contributed by atoms with E-state index in [1.807, 2.05) is 17.8 Å². The molecule has 0 aliphatic heterocycles. The highest BCUT2D eigenvalue weighted by atomic mass is 16.3. The Morgan fingerprint density at radius 1 is 1.60 bits per heavy atom. The van der Waals surface area contributed by atoms with Crippen LogP contribution in [0.15, 0.2) is 12.4 Å². The molecule has 1 rings (SSSR count). The zero-order valence-corrected chi connectivity index (χ0v) is 9.82. The molecule has 0 fully saturated rings. The Balaban J connectivity index is 2.51. The Hall–Kier alpha value is -0.870. The second-order valence-electron chi connectivity index (χ2n) is 4.20. The van der Waals surface area contributed by atoms with Crippen molar-refractivity contribution < 1.29 is 5.11 Å². The summed E-state index contributed by atoms with van der Waals surface area (Å²) < 4.78 is 2.00. The average molecular weight is 211 g/mol. The van der Waals surface area contributed by atoms with Crippen LogP contribution < -0.4 is 5.32 Å². The molecule has 0 aliphatic rings. The van der Waals surface area contributed by atoms with Crippen molar-refractivity contribution in [1.82, 2.24) is 14.9 Å². The number of aryl methyl sites for hydroxylation is 1. The zero-order chi connectivity index (χ0) is 11.3. The molecule has 1 aromatic rings. The van der Waals surface area contributed by atoms with Crippen LogP contribution in [0.2, 0.25) is 0 Å². The molecule has 0 aliphatic carbocycles. The van der Waals surface area contributed by atoms with Crippen LogP contribution in [0.4, 0.5) is 0 Å². The highest BCUT2D eigenvalue weighted by molar-refractivity contribution is 4.93. The number of nitrogens with one attached hydrogen (secondary N) is 1. The van der Waals surface area contributed by atoms with Gasteiger partial charge in [-0.3, -0.25) is 0 Å². The summed E-state index contributed by atoms with van der Waals surface area (Å²) >= 11 is 0. The summed E-state index contributed by atoms with van der Waals surface area (Å²) in [5.41, 5.74) is 0.000694. The second-order valence-corrected chi connectivity index (χ2v) is 4.20. The van der Waals surface area contributed by atoms with E-state index >= 15 is 0 Å². The predicted octanol–water partition coefficient (Wildman–Crippen LogP) is 1.06. The average Bonchev–Trinajstić information content (AvgIpc) is 2.62. The molecule has 4 heteroatoms. The summed E-state index contributed by atoms with van der Waals surface area (Å²) in [5.74, 6) is 1.02. The third kappa shape index (κ3) is 3.32. The SMILES string of the molecule is CCC(C)(CCO)NCc1nccn1C. The van der Waals surface area contributed by atoms with Crippen LogP contribution in [0.5, 0.6) is 0 Å². The first-order chi connectivity index (χ1) is 7.11. The molecule has 1 aromatic heterocycles. The van der Waals surface area contributed by atoms with Gasteiger partial charge in [-0.25, -0.2) is 4.98 Å². The fraction of sp³-hybridized carbons (Fsp3) is 0.727. The molecule has 2 N–H and O–H groups in total. The molecular formula is C11H21N3O. The van der Waals surface area contributed by atoms with Crippen molar-refractivity contribution in [3.8, 4) is 0 Å². The molecule has 0 saturated carbocycles. The van der Waals surface area contributed by atoms with Gasteiger partial charge in [0.15, 0.2) is 0 Å². The van der Waals surface area contributed by atoms with Gasteiger partial charge in [-0.2, -0.15) is 0 Å². The normalized spacial score (nSPS) is 15.2. The van der Waals surface area contributed by atoms with Crippen LogP contribution in [0, 0.1) is 0 Å². The maximum Gasteiger partial charge on any atom is 0.122 e. The van der Waals surface area contributed by atoms with E-state index in [4.69, 9.17) is 5.11 Å². The van der Waals surface area contributed by atoms with Crippen molar-refractivity contribution in [2.24, 2.45) is 7.05 Å². The van der Waals surface area contributed by atoms with E-state index in [-0.39, 0.29) is 12.1 Å². The van der Waals surface area contributed by atoms with Crippen molar-refractivity contribution in [2.45, 2.75) is 38.8 Å². The molecule has 86 valence electrons. The summed E-state index contributed by atoms with van der Waals surface area (Å²) in [4.78, 5) is 4.25. The van der Waals surface area contributed by atoms with E-state index in [1.165, 1.54) is 0 Å². The van der Waals surface area contributed by atoms with Gasteiger partial charge in [0.05, 0.1) is 6.54 Å². The number of aromatic nitrogens is 2. The second kappa shape index (κ2) is 5.28. The minimum atomic E-state index is 0.000694. The monoisotopic (exact) mass is 211 g/mol. The molecule has 0 aromatic carbocycles. The lowest BCUT2D eigenvalue weighted by atomic mass is 9.95. The van der Waals surface area contributed by atoms with Crippen molar-refractivity contribution >= 4 is 0 Å². The van der Waals surface area contributed by atoms with Gasteiger partial charge in [0.2, 0.25) is 0 Å². The van der Waals surface area contributed by atoms with E-state index in [0.29, 0.717) is 0 Å². The molecule has 0 spiro atoms. The molecule has 0 radical (unpaired) electrons. The van der Waals surface area contributed by atoms with Gasteiger partial charge in [0.25, 0.3) is 0 Å². The van der Waals surface area contributed by atoms with Gasteiger partial charge >= 0.3 is 0 Å². The van der Waals surface area contributed by atoms with Crippen LogP contribution >= 0.6 is 0 Å². The molecule has 0 amide bonds. The minimum Gasteiger partial charge on any atom is -0.396 e. The highest BCUT2D eigenvalue weighted by Crippen LogP contribution is 2.14. The van der Waals surface area contributed by atoms with Gasteiger partial charge in [0.1, 0.15) is 5.82 Å². The van der Waals surface area contributed by atoms with Crippen LogP contribution in [-0.2, 0) is 13.6 Å². The maximum atomic E-state index is 8.98. The smallest absolute Gasteiger partial charge is 0.122 e.